The van der Waals surface area contributed by atoms with Crippen LogP contribution in [0.5, 0.6) is 0 Å². The summed E-state index contributed by atoms with van der Waals surface area (Å²) in [5.74, 6) is -0.791. The maximum Gasteiger partial charge on any atom is 0.275 e. The highest BCUT2D eigenvalue weighted by molar-refractivity contribution is 7.86. The molecule has 2 rings (SSSR count). The van der Waals surface area contributed by atoms with Crippen molar-refractivity contribution in [3.05, 3.63) is 29.8 Å². The van der Waals surface area contributed by atoms with Gasteiger partial charge in [0.25, 0.3) is 16.0 Å². The van der Waals surface area contributed by atoms with Crippen molar-refractivity contribution in [1.82, 2.24) is 5.32 Å². The van der Waals surface area contributed by atoms with Crippen LogP contribution in [0.1, 0.15) is 18.9 Å². The zero-order valence-electron chi connectivity index (χ0n) is 12.5. The number of carbonyl (C=O) groups is 1. The number of benzene rings is 1. The lowest BCUT2D eigenvalue weighted by Crippen LogP contribution is -2.62. The SMILES string of the molecule is CCN(C(=O)[C@@]1(O)NCCC1S(=O)(=O)O)c1cccc(C)c1. The minimum absolute atomic E-state index is 0.0353. The van der Waals surface area contributed by atoms with Crippen LogP contribution in [-0.4, -0.2) is 48.0 Å². The van der Waals surface area contributed by atoms with Crippen molar-refractivity contribution in [1.29, 1.82) is 0 Å². The molecule has 0 aliphatic carbocycles. The Morgan fingerprint density at radius 1 is 1.50 bits per heavy atom. The number of rotatable bonds is 4. The fourth-order valence-corrected chi connectivity index (χ4v) is 3.77. The normalized spacial score (nSPS) is 25.2. The summed E-state index contributed by atoms with van der Waals surface area (Å²) in [5.41, 5.74) is -0.835. The summed E-state index contributed by atoms with van der Waals surface area (Å²) < 4.78 is 32.2. The van der Waals surface area contributed by atoms with Gasteiger partial charge in [-0.1, -0.05) is 12.1 Å². The lowest BCUT2D eigenvalue weighted by molar-refractivity contribution is -0.138. The molecule has 1 aliphatic rings. The molecule has 2 atom stereocenters. The first-order chi connectivity index (χ1) is 10.2. The number of carbonyl (C=O) groups excluding carboxylic acids is 1. The van der Waals surface area contributed by atoms with E-state index < -0.39 is 27.0 Å². The maximum absolute atomic E-state index is 12.7. The van der Waals surface area contributed by atoms with Crippen molar-refractivity contribution >= 4 is 21.7 Å². The van der Waals surface area contributed by atoms with E-state index in [0.717, 1.165) is 5.56 Å². The molecule has 1 saturated heterocycles. The molecule has 22 heavy (non-hydrogen) atoms. The van der Waals surface area contributed by atoms with Crippen LogP contribution in [0, 0.1) is 6.92 Å². The summed E-state index contributed by atoms with van der Waals surface area (Å²) in [7, 11) is -4.55. The number of aliphatic hydroxyl groups is 1. The summed E-state index contributed by atoms with van der Waals surface area (Å²) in [6.07, 6.45) is -0.0353. The van der Waals surface area contributed by atoms with Gasteiger partial charge in [-0.15, -0.1) is 0 Å². The molecule has 0 aromatic heterocycles. The van der Waals surface area contributed by atoms with E-state index in [9.17, 15) is 22.9 Å². The minimum atomic E-state index is -4.55. The number of nitrogens with one attached hydrogen (secondary N) is 1. The van der Waals surface area contributed by atoms with Gasteiger partial charge >= 0.3 is 0 Å². The van der Waals surface area contributed by atoms with Gasteiger partial charge < -0.3 is 10.0 Å². The molecule has 1 aliphatic heterocycles. The van der Waals surface area contributed by atoms with Gasteiger partial charge in [0.1, 0.15) is 5.25 Å². The predicted octanol–water partition coefficient (Wildman–Crippen LogP) is 0.286. The molecule has 7 nitrogen and oxygen atoms in total. The fraction of sp³-hybridized carbons (Fsp3) is 0.500. The summed E-state index contributed by atoms with van der Waals surface area (Å²) >= 11 is 0. The fourth-order valence-electron chi connectivity index (χ4n) is 2.74. The first-order valence-corrected chi connectivity index (χ1v) is 8.52. The Kier molecular flexibility index (Phi) is 4.57. The monoisotopic (exact) mass is 328 g/mol. The third kappa shape index (κ3) is 3.00. The van der Waals surface area contributed by atoms with Crippen LogP contribution >= 0.6 is 0 Å². The molecule has 3 N–H and O–H groups in total. The highest BCUT2D eigenvalue weighted by atomic mass is 32.2. The number of aryl methyl sites for hydroxylation is 1. The second kappa shape index (κ2) is 5.96. The van der Waals surface area contributed by atoms with Gasteiger partial charge in [0, 0.05) is 12.2 Å². The van der Waals surface area contributed by atoms with Crippen molar-refractivity contribution in [2.75, 3.05) is 18.0 Å². The van der Waals surface area contributed by atoms with Gasteiger partial charge in [-0.3, -0.25) is 14.7 Å². The third-order valence-electron chi connectivity index (χ3n) is 3.83. The number of nitrogens with zero attached hydrogens (tertiary/aromatic N) is 1. The standard InChI is InChI=1S/C14H20N2O5S/c1-3-16(11-6-4-5-10(2)9-11)13(17)14(18)12(7-8-15-14)22(19,20)21/h4-6,9,12,15,18H,3,7-8H2,1-2H3,(H,19,20,21)/t12?,14-/m1/s1. The second-order valence-corrected chi connectivity index (χ2v) is 6.97. The first-order valence-electron chi connectivity index (χ1n) is 7.02. The van der Waals surface area contributed by atoms with Gasteiger partial charge in [0.15, 0.2) is 0 Å². The first kappa shape index (κ1) is 16.9. The van der Waals surface area contributed by atoms with Crippen molar-refractivity contribution in [2.45, 2.75) is 31.2 Å². The second-order valence-electron chi connectivity index (χ2n) is 5.37. The summed E-state index contributed by atoms with van der Waals surface area (Å²) in [5, 5.41) is 11.5. The largest absolute Gasteiger partial charge is 0.366 e. The van der Waals surface area contributed by atoms with E-state index in [4.69, 9.17) is 0 Å². The van der Waals surface area contributed by atoms with Crippen LogP contribution in [0.15, 0.2) is 24.3 Å². The molecule has 0 spiro atoms. The molecule has 1 aromatic rings. The molecule has 1 aromatic carbocycles. The Morgan fingerprint density at radius 3 is 2.73 bits per heavy atom. The smallest absolute Gasteiger partial charge is 0.275 e. The van der Waals surface area contributed by atoms with E-state index in [0.29, 0.717) is 5.69 Å². The van der Waals surface area contributed by atoms with E-state index in [-0.39, 0.29) is 19.5 Å². The minimum Gasteiger partial charge on any atom is -0.366 e. The zero-order chi connectivity index (χ0) is 16.5. The van der Waals surface area contributed by atoms with Crippen LogP contribution in [-0.2, 0) is 14.9 Å². The molecule has 0 saturated carbocycles. The lowest BCUT2D eigenvalue weighted by atomic mass is 10.1. The Balaban J connectivity index is 2.39. The van der Waals surface area contributed by atoms with E-state index in [1.165, 1.54) is 4.90 Å². The van der Waals surface area contributed by atoms with Crippen LogP contribution in [0.25, 0.3) is 0 Å². The van der Waals surface area contributed by atoms with Gasteiger partial charge in [0.05, 0.1) is 0 Å². The third-order valence-corrected chi connectivity index (χ3v) is 5.12. The topological polar surface area (TPSA) is 107 Å². The molecule has 1 heterocycles. The number of hydrogen-bond acceptors (Lipinski definition) is 5. The van der Waals surface area contributed by atoms with E-state index in [1.54, 1.807) is 25.1 Å². The molecule has 122 valence electrons. The molecular formula is C14H20N2O5S. The molecule has 1 fully saturated rings. The summed E-state index contributed by atoms with van der Waals surface area (Å²) in [4.78, 5) is 14.0. The average molecular weight is 328 g/mol. The number of likely N-dealkylation sites (N-methyl/N-ethyl adjacent to an activating group) is 1. The number of anilines is 1. The maximum atomic E-state index is 12.7. The van der Waals surface area contributed by atoms with Gasteiger partial charge in [0.2, 0.25) is 5.72 Å². The van der Waals surface area contributed by atoms with Crippen molar-refractivity contribution in [3.8, 4) is 0 Å². The van der Waals surface area contributed by atoms with Crippen LogP contribution in [0.3, 0.4) is 0 Å². The summed E-state index contributed by atoms with van der Waals surface area (Å²) in [6, 6.07) is 7.11. The van der Waals surface area contributed by atoms with Crippen LogP contribution in [0.4, 0.5) is 5.69 Å². The van der Waals surface area contributed by atoms with Crippen molar-refractivity contribution in [3.63, 3.8) is 0 Å². The molecule has 8 heteroatoms. The Labute approximate surface area is 129 Å². The predicted molar refractivity (Wildman–Crippen MR) is 82.1 cm³/mol. The molecular weight excluding hydrogens is 308 g/mol. The van der Waals surface area contributed by atoms with Crippen LogP contribution in [0.2, 0.25) is 0 Å². The average Bonchev–Trinajstić information content (AvgIpc) is 2.83. The summed E-state index contributed by atoms with van der Waals surface area (Å²) in [6.45, 7) is 3.97. The molecule has 0 bridgehead atoms. The molecule has 1 unspecified atom stereocenters. The van der Waals surface area contributed by atoms with Crippen LogP contribution < -0.4 is 10.2 Å². The Bertz CT molecular complexity index is 676. The zero-order valence-corrected chi connectivity index (χ0v) is 13.3. The lowest BCUT2D eigenvalue weighted by Gasteiger charge is -2.33. The van der Waals surface area contributed by atoms with Crippen molar-refractivity contribution in [2.24, 2.45) is 0 Å². The highest BCUT2D eigenvalue weighted by Crippen LogP contribution is 2.28. The van der Waals surface area contributed by atoms with E-state index in [1.807, 2.05) is 13.0 Å². The number of amides is 1. The van der Waals surface area contributed by atoms with E-state index in [2.05, 4.69) is 5.32 Å². The Morgan fingerprint density at radius 2 is 2.18 bits per heavy atom. The highest BCUT2D eigenvalue weighted by Gasteiger charge is 2.55. The Hall–Kier alpha value is -1.48. The van der Waals surface area contributed by atoms with Gasteiger partial charge in [-0.25, -0.2) is 0 Å². The molecule has 1 amide bonds. The van der Waals surface area contributed by atoms with Gasteiger partial charge in [-0.2, -0.15) is 8.42 Å². The number of hydrogen-bond donors (Lipinski definition) is 3. The van der Waals surface area contributed by atoms with Crippen molar-refractivity contribution < 1.29 is 22.9 Å². The van der Waals surface area contributed by atoms with Gasteiger partial charge in [-0.05, 0) is 44.5 Å². The van der Waals surface area contributed by atoms with E-state index >= 15 is 0 Å². The quantitative estimate of drug-likeness (QED) is 0.686. The molecule has 0 radical (unpaired) electrons.